The van der Waals surface area contributed by atoms with Crippen LogP contribution in [0.1, 0.15) is 56.1 Å². The number of amides is 2. The Morgan fingerprint density at radius 3 is 2.83 bits per heavy atom. The Morgan fingerprint density at radius 1 is 1.38 bits per heavy atom. The summed E-state index contributed by atoms with van der Waals surface area (Å²) < 4.78 is 0. The van der Waals surface area contributed by atoms with Gasteiger partial charge in [0, 0.05) is 31.5 Å². The molecular formula is C20H28N2O2. The fraction of sp³-hybridized carbons (Fsp3) is 0.600. The van der Waals surface area contributed by atoms with Gasteiger partial charge in [-0.2, -0.15) is 0 Å². The summed E-state index contributed by atoms with van der Waals surface area (Å²) in [6.45, 7) is 5.77. The molecule has 0 aromatic heterocycles. The van der Waals surface area contributed by atoms with Crippen LogP contribution in [0.4, 0.5) is 0 Å². The topological polar surface area (TPSA) is 49.4 Å². The standard InChI is InChI=1S/C20H28N2O2/c1-3-15(22-12-6-9-19(22)23)10-11-21-20(24)18-13-17(18)16-8-5-4-7-14(16)2/h4-5,7-8,15,17-18H,3,6,9-13H2,1-2H3,(H,21,24)/t15-,17+,18-/m1/s1. The first kappa shape index (κ1) is 17.0. The molecule has 0 spiro atoms. The highest BCUT2D eigenvalue weighted by Crippen LogP contribution is 2.48. The zero-order valence-electron chi connectivity index (χ0n) is 14.8. The van der Waals surface area contributed by atoms with Crippen LogP contribution in [0.15, 0.2) is 24.3 Å². The number of hydrogen-bond acceptors (Lipinski definition) is 2. The van der Waals surface area contributed by atoms with Crippen molar-refractivity contribution in [2.45, 2.75) is 57.9 Å². The molecule has 1 saturated heterocycles. The first-order valence-corrected chi connectivity index (χ1v) is 9.24. The maximum atomic E-state index is 12.4. The van der Waals surface area contributed by atoms with Crippen LogP contribution in [0, 0.1) is 12.8 Å². The van der Waals surface area contributed by atoms with E-state index in [0.717, 1.165) is 32.2 Å². The third-order valence-electron chi connectivity index (χ3n) is 5.51. The van der Waals surface area contributed by atoms with Gasteiger partial charge in [-0.15, -0.1) is 0 Å². The Hall–Kier alpha value is -1.84. The van der Waals surface area contributed by atoms with E-state index < -0.39 is 0 Å². The minimum absolute atomic E-state index is 0.125. The number of nitrogens with one attached hydrogen (secondary N) is 1. The van der Waals surface area contributed by atoms with Gasteiger partial charge in [0.25, 0.3) is 0 Å². The summed E-state index contributed by atoms with van der Waals surface area (Å²) in [7, 11) is 0. The second-order valence-electron chi connectivity index (χ2n) is 7.14. The lowest BCUT2D eigenvalue weighted by Crippen LogP contribution is -2.39. The molecule has 0 bridgehead atoms. The zero-order valence-corrected chi connectivity index (χ0v) is 14.8. The molecule has 1 aliphatic carbocycles. The van der Waals surface area contributed by atoms with Crippen LogP contribution < -0.4 is 5.32 Å². The van der Waals surface area contributed by atoms with E-state index in [1.165, 1.54) is 11.1 Å². The normalized spacial score (nSPS) is 24.1. The predicted molar refractivity (Wildman–Crippen MR) is 94.7 cm³/mol. The van der Waals surface area contributed by atoms with Crippen molar-refractivity contribution < 1.29 is 9.59 Å². The molecule has 24 heavy (non-hydrogen) atoms. The second kappa shape index (κ2) is 7.37. The van der Waals surface area contributed by atoms with Crippen LogP contribution in [0.25, 0.3) is 0 Å². The van der Waals surface area contributed by atoms with Crippen molar-refractivity contribution in [2.24, 2.45) is 5.92 Å². The molecule has 0 unspecified atom stereocenters. The summed E-state index contributed by atoms with van der Waals surface area (Å²) in [4.78, 5) is 26.2. The quantitative estimate of drug-likeness (QED) is 0.836. The van der Waals surface area contributed by atoms with Crippen LogP contribution >= 0.6 is 0 Å². The predicted octanol–water partition coefficient (Wildman–Crippen LogP) is 3.01. The third kappa shape index (κ3) is 3.63. The average Bonchev–Trinajstić information content (AvgIpc) is 3.27. The van der Waals surface area contributed by atoms with Crippen LogP contribution in [0.5, 0.6) is 0 Å². The molecule has 3 atom stereocenters. The highest BCUT2D eigenvalue weighted by atomic mass is 16.2. The number of aryl methyl sites for hydroxylation is 1. The minimum atomic E-state index is 0.125. The molecule has 130 valence electrons. The highest BCUT2D eigenvalue weighted by molar-refractivity contribution is 5.83. The van der Waals surface area contributed by atoms with E-state index in [1.807, 2.05) is 11.0 Å². The van der Waals surface area contributed by atoms with Gasteiger partial charge in [0.2, 0.25) is 11.8 Å². The van der Waals surface area contributed by atoms with Gasteiger partial charge in [0.1, 0.15) is 0 Å². The Bertz CT molecular complexity index is 613. The van der Waals surface area contributed by atoms with Crippen molar-refractivity contribution in [3.8, 4) is 0 Å². The lowest BCUT2D eigenvalue weighted by molar-refractivity contribution is -0.129. The Balaban J connectivity index is 1.45. The van der Waals surface area contributed by atoms with Gasteiger partial charge >= 0.3 is 0 Å². The summed E-state index contributed by atoms with van der Waals surface area (Å²) in [6, 6.07) is 8.61. The number of carbonyl (C=O) groups excluding carboxylic acids is 2. The monoisotopic (exact) mass is 328 g/mol. The smallest absolute Gasteiger partial charge is 0.223 e. The van der Waals surface area contributed by atoms with Crippen LogP contribution in [-0.2, 0) is 9.59 Å². The van der Waals surface area contributed by atoms with E-state index in [9.17, 15) is 9.59 Å². The van der Waals surface area contributed by atoms with Crippen LogP contribution in [0.2, 0.25) is 0 Å². The molecule has 3 rings (SSSR count). The van der Waals surface area contributed by atoms with Gasteiger partial charge < -0.3 is 10.2 Å². The largest absolute Gasteiger partial charge is 0.356 e. The molecule has 0 radical (unpaired) electrons. The first-order valence-electron chi connectivity index (χ1n) is 9.24. The highest BCUT2D eigenvalue weighted by Gasteiger charge is 2.44. The van der Waals surface area contributed by atoms with Gasteiger partial charge in [-0.3, -0.25) is 9.59 Å². The lowest BCUT2D eigenvalue weighted by atomic mass is 10.0. The summed E-state index contributed by atoms with van der Waals surface area (Å²) >= 11 is 0. The number of rotatable bonds is 7. The van der Waals surface area contributed by atoms with Gasteiger partial charge in [0.15, 0.2) is 0 Å². The summed E-state index contributed by atoms with van der Waals surface area (Å²) in [5.41, 5.74) is 2.59. The minimum Gasteiger partial charge on any atom is -0.356 e. The number of benzene rings is 1. The molecule has 1 saturated carbocycles. The van der Waals surface area contributed by atoms with E-state index in [0.29, 0.717) is 18.9 Å². The van der Waals surface area contributed by atoms with Gasteiger partial charge in [0.05, 0.1) is 0 Å². The van der Waals surface area contributed by atoms with Gasteiger partial charge in [-0.05, 0) is 49.7 Å². The Kier molecular flexibility index (Phi) is 5.22. The number of carbonyl (C=O) groups is 2. The van der Waals surface area contributed by atoms with Crippen molar-refractivity contribution in [1.29, 1.82) is 0 Å². The molecule has 1 N–H and O–H groups in total. The zero-order chi connectivity index (χ0) is 17.1. The molecule has 4 heteroatoms. The van der Waals surface area contributed by atoms with E-state index in [1.54, 1.807) is 0 Å². The Labute approximate surface area is 144 Å². The lowest BCUT2D eigenvalue weighted by Gasteiger charge is -2.26. The molecule has 2 fully saturated rings. The average molecular weight is 328 g/mol. The van der Waals surface area contributed by atoms with Crippen molar-refractivity contribution in [2.75, 3.05) is 13.1 Å². The maximum Gasteiger partial charge on any atom is 0.223 e. The number of likely N-dealkylation sites (tertiary alicyclic amines) is 1. The van der Waals surface area contributed by atoms with Crippen molar-refractivity contribution in [3.63, 3.8) is 0 Å². The van der Waals surface area contributed by atoms with Crippen molar-refractivity contribution in [3.05, 3.63) is 35.4 Å². The van der Waals surface area contributed by atoms with Crippen molar-refractivity contribution in [1.82, 2.24) is 10.2 Å². The molecule has 1 heterocycles. The van der Waals surface area contributed by atoms with E-state index in [4.69, 9.17) is 0 Å². The Morgan fingerprint density at radius 2 is 2.17 bits per heavy atom. The third-order valence-corrected chi connectivity index (χ3v) is 5.51. The van der Waals surface area contributed by atoms with Crippen LogP contribution in [0.3, 0.4) is 0 Å². The van der Waals surface area contributed by atoms with Crippen LogP contribution in [-0.4, -0.2) is 35.8 Å². The number of nitrogens with zero attached hydrogens (tertiary/aromatic N) is 1. The molecule has 2 amide bonds. The fourth-order valence-corrected chi connectivity index (χ4v) is 3.96. The molecule has 2 aliphatic rings. The maximum absolute atomic E-state index is 12.4. The fourth-order valence-electron chi connectivity index (χ4n) is 3.96. The molecule has 4 nitrogen and oxygen atoms in total. The SMILES string of the molecule is CC[C@H](CCNC(=O)[C@@H]1C[C@H]1c1ccccc1C)N1CCCC1=O. The van der Waals surface area contributed by atoms with E-state index in [2.05, 4.69) is 37.4 Å². The molecule has 1 aromatic carbocycles. The summed E-state index contributed by atoms with van der Waals surface area (Å²) in [5.74, 6) is 0.953. The molecule has 1 aliphatic heterocycles. The van der Waals surface area contributed by atoms with E-state index in [-0.39, 0.29) is 23.8 Å². The first-order chi connectivity index (χ1) is 11.6. The number of hydrogen-bond donors (Lipinski definition) is 1. The van der Waals surface area contributed by atoms with E-state index >= 15 is 0 Å². The summed E-state index contributed by atoms with van der Waals surface area (Å²) in [6.07, 6.45) is 4.43. The summed E-state index contributed by atoms with van der Waals surface area (Å²) in [5, 5.41) is 3.09. The second-order valence-corrected chi connectivity index (χ2v) is 7.14. The van der Waals surface area contributed by atoms with Crippen molar-refractivity contribution >= 4 is 11.8 Å². The molecular weight excluding hydrogens is 300 g/mol. The van der Waals surface area contributed by atoms with Gasteiger partial charge in [-0.1, -0.05) is 31.2 Å². The van der Waals surface area contributed by atoms with Gasteiger partial charge in [-0.25, -0.2) is 0 Å². The molecule has 1 aromatic rings.